The van der Waals surface area contributed by atoms with E-state index >= 15 is 0 Å². The number of H-pyrrole nitrogens is 1. The first-order chi connectivity index (χ1) is 9.36. The highest BCUT2D eigenvalue weighted by Gasteiger charge is 2.21. The van der Waals surface area contributed by atoms with Crippen LogP contribution in [0.1, 0.15) is 50.2 Å². The first kappa shape index (κ1) is 14.5. The molecule has 0 fully saturated rings. The van der Waals surface area contributed by atoms with E-state index in [1.54, 1.807) is 6.92 Å². The monoisotopic (exact) mass is 270 g/mol. The molecule has 2 heterocycles. The van der Waals surface area contributed by atoms with Gasteiger partial charge in [0.2, 0.25) is 0 Å². The van der Waals surface area contributed by atoms with Gasteiger partial charge in [-0.25, -0.2) is 0 Å². The van der Waals surface area contributed by atoms with Crippen LogP contribution < -0.4 is 0 Å². The Kier molecular flexibility index (Phi) is 3.80. The molecule has 0 atom stereocenters. The SMILES string of the molecule is CCc1c(C)[nH]c(/C=C2\N=C(C)C(C(C)=O)=C2C)c1C. The maximum Gasteiger partial charge on any atom is 0.161 e. The predicted molar refractivity (Wildman–Crippen MR) is 84.1 cm³/mol. The number of nitrogens with zero attached hydrogens (tertiary/aromatic N) is 1. The summed E-state index contributed by atoms with van der Waals surface area (Å²) in [5.41, 5.74) is 8.38. The van der Waals surface area contributed by atoms with Crippen LogP contribution in [0.15, 0.2) is 21.8 Å². The second-order valence-electron chi connectivity index (χ2n) is 5.40. The van der Waals surface area contributed by atoms with Gasteiger partial charge >= 0.3 is 0 Å². The van der Waals surface area contributed by atoms with Crippen LogP contribution in [0.2, 0.25) is 0 Å². The van der Waals surface area contributed by atoms with Crippen molar-refractivity contribution in [1.29, 1.82) is 0 Å². The minimum atomic E-state index is 0.0841. The number of ketones is 1. The third-order valence-electron chi connectivity index (χ3n) is 4.03. The van der Waals surface area contributed by atoms with Crippen molar-refractivity contribution < 1.29 is 4.79 Å². The molecule has 0 saturated heterocycles. The Morgan fingerprint density at radius 2 is 1.90 bits per heavy atom. The highest BCUT2D eigenvalue weighted by atomic mass is 16.1. The van der Waals surface area contributed by atoms with Gasteiger partial charge in [-0.1, -0.05) is 6.92 Å². The largest absolute Gasteiger partial charge is 0.359 e. The second kappa shape index (κ2) is 5.23. The summed E-state index contributed by atoms with van der Waals surface area (Å²) in [5.74, 6) is 0.0841. The lowest BCUT2D eigenvalue weighted by atomic mass is 10.0. The van der Waals surface area contributed by atoms with E-state index in [2.05, 4.69) is 36.8 Å². The zero-order valence-electron chi connectivity index (χ0n) is 13.1. The van der Waals surface area contributed by atoms with Crippen LogP contribution >= 0.6 is 0 Å². The summed E-state index contributed by atoms with van der Waals surface area (Å²) in [6, 6.07) is 0. The fourth-order valence-corrected chi connectivity index (χ4v) is 3.01. The molecule has 106 valence electrons. The quantitative estimate of drug-likeness (QED) is 0.889. The molecule has 0 saturated carbocycles. The smallest absolute Gasteiger partial charge is 0.161 e. The van der Waals surface area contributed by atoms with E-state index in [1.807, 2.05) is 13.8 Å². The number of aromatic nitrogens is 1. The molecule has 0 amide bonds. The van der Waals surface area contributed by atoms with Crippen LogP contribution in [-0.4, -0.2) is 16.5 Å². The van der Waals surface area contributed by atoms with E-state index < -0.39 is 0 Å². The molecule has 1 aliphatic rings. The topological polar surface area (TPSA) is 45.2 Å². The molecule has 3 nitrogen and oxygen atoms in total. The van der Waals surface area contributed by atoms with Gasteiger partial charge in [0.25, 0.3) is 0 Å². The molecule has 1 aliphatic heterocycles. The van der Waals surface area contributed by atoms with Crippen molar-refractivity contribution in [2.24, 2.45) is 4.99 Å². The van der Waals surface area contributed by atoms with Crippen LogP contribution in [0.5, 0.6) is 0 Å². The third kappa shape index (κ3) is 2.28. The molecule has 1 aromatic rings. The van der Waals surface area contributed by atoms with E-state index in [4.69, 9.17) is 0 Å². The second-order valence-corrected chi connectivity index (χ2v) is 5.40. The zero-order chi connectivity index (χ0) is 15.0. The van der Waals surface area contributed by atoms with Crippen molar-refractivity contribution >= 4 is 17.6 Å². The molecule has 0 aliphatic carbocycles. The van der Waals surface area contributed by atoms with Gasteiger partial charge in [0.05, 0.1) is 5.70 Å². The molecule has 0 aromatic carbocycles. The molecule has 0 unspecified atom stereocenters. The van der Waals surface area contributed by atoms with Gasteiger partial charge in [0, 0.05) is 22.7 Å². The first-order valence-corrected chi connectivity index (χ1v) is 7.04. The number of carbonyl (C=O) groups is 1. The number of carbonyl (C=O) groups excluding carboxylic acids is 1. The summed E-state index contributed by atoms with van der Waals surface area (Å²) >= 11 is 0. The number of hydrogen-bond donors (Lipinski definition) is 1. The predicted octanol–water partition coefficient (Wildman–Crippen LogP) is 3.91. The standard InChI is InChI=1S/C17H22N2O/c1-7-14-9(2)15(18-11(14)4)8-16-10(3)17(13(6)20)12(5)19-16/h8,18H,7H2,1-6H3/b16-8-. The first-order valence-electron chi connectivity index (χ1n) is 7.04. The van der Waals surface area contributed by atoms with Gasteiger partial charge in [-0.3, -0.25) is 9.79 Å². The number of aromatic amines is 1. The van der Waals surface area contributed by atoms with Crippen molar-refractivity contribution in [3.05, 3.63) is 39.4 Å². The number of aryl methyl sites for hydroxylation is 1. The number of rotatable bonds is 3. The van der Waals surface area contributed by atoms with E-state index in [-0.39, 0.29) is 5.78 Å². The van der Waals surface area contributed by atoms with E-state index in [0.717, 1.165) is 34.7 Å². The van der Waals surface area contributed by atoms with Gasteiger partial charge in [0.15, 0.2) is 5.78 Å². The number of aliphatic imine (C=N–C) groups is 1. The molecule has 2 rings (SSSR count). The van der Waals surface area contributed by atoms with Crippen LogP contribution in [0.3, 0.4) is 0 Å². The summed E-state index contributed by atoms with van der Waals surface area (Å²) in [7, 11) is 0. The Labute approximate surface area is 120 Å². The number of hydrogen-bond acceptors (Lipinski definition) is 2. The number of Topliss-reactive ketones (excluding diaryl/α,β-unsaturated/α-hetero) is 1. The van der Waals surface area contributed by atoms with Crippen molar-refractivity contribution in [3.63, 3.8) is 0 Å². The maximum absolute atomic E-state index is 11.7. The highest BCUT2D eigenvalue weighted by molar-refractivity contribution is 6.24. The zero-order valence-corrected chi connectivity index (χ0v) is 13.1. The molecule has 1 N–H and O–H groups in total. The highest BCUT2D eigenvalue weighted by Crippen LogP contribution is 2.29. The third-order valence-corrected chi connectivity index (χ3v) is 4.03. The Hall–Kier alpha value is -1.90. The Morgan fingerprint density at radius 1 is 1.25 bits per heavy atom. The average molecular weight is 270 g/mol. The number of allylic oxidation sites excluding steroid dienone is 2. The van der Waals surface area contributed by atoms with Crippen LogP contribution in [-0.2, 0) is 11.2 Å². The lowest BCUT2D eigenvalue weighted by Crippen LogP contribution is -2.04. The molecule has 3 heteroatoms. The minimum Gasteiger partial charge on any atom is -0.359 e. The summed E-state index contributed by atoms with van der Waals surface area (Å²) in [5, 5.41) is 0. The van der Waals surface area contributed by atoms with Crippen LogP contribution in [0, 0.1) is 13.8 Å². The van der Waals surface area contributed by atoms with Gasteiger partial charge in [-0.05, 0) is 63.8 Å². The lowest BCUT2D eigenvalue weighted by molar-refractivity contribution is -0.113. The molecule has 0 bridgehead atoms. The summed E-state index contributed by atoms with van der Waals surface area (Å²) in [6.45, 7) is 11.8. The van der Waals surface area contributed by atoms with Gasteiger partial charge in [-0.15, -0.1) is 0 Å². The molecular weight excluding hydrogens is 248 g/mol. The van der Waals surface area contributed by atoms with Crippen LogP contribution in [0.25, 0.3) is 6.08 Å². The average Bonchev–Trinajstić information content (AvgIpc) is 2.78. The molecule has 0 radical (unpaired) electrons. The van der Waals surface area contributed by atoms with Crippen LogP contribution in [0.4, 0.5) is 0 Å². The molecule has 1 aromatic heterocycles. The fraction of sp³-hybridized carbons (Fsp3) is 0.412. The summed E-state index contributed by atoms with van der Waals surface area (Å²) < 4.78 is 0. The summed E-state index contributed by atoms with van der Waals surface area (Å²) in [4.78, 5) is 19.6. The van der Waals surface area contributed by atoms with Crippen molar-refractivity contribution in [2.45, 2.75) is 48.0 Å². The molecule has 0 spiro atoms. The van der Waals surface area contributed by atoms with Gasteiger partial charge in [0.1, 0.15) is 0 Å². The van der Waals surface area contributed by atoms with Crippen molar-refractivity contribution in [1.82, 2.24) is 4.98 Å². The van der Waals surface area contributed by atoms with Gasteiger partial charge < -0.3 is 4.98 Å². The van der Waals surface area contributed by atoms with Crippen molar-refractivity contribution in [2.75, 3.05) is 0 Å². The van der Waals surface area contributed by atoms with E-state index in [1.165, 1.54) is 16.8 Å². The van der Waals surface area contributed by atoms with E-state index in [9.17, 15) is 4.79 Å². The van der Waals surface area contributed by atoms with Gasteiger partial charge in [-0.2, -0.15) is 0 Å². The maximum atomic E-state index is 11.7. The Balaban J connectivity index is 2.51. The molecule has 20 heavy (non-hydrogen) atoms. The van der Waals surface area contributed by atoms with Crippen molar-refractivity contribution in [3.8, 4) is 0 Å². The van der Waals surface area contributed by atoms with E-state index in [0.29, 0.717) is 0 Å². The summed E-state index contributed by atoms with van der Waals surface area (Å²) in [6.07, 6.45) is 3.07. The normalized spacial score (nSPS) is 17.1. The Morgan fingerprint density at radius 3 is 2.35 bits per heavy atom. The number of nitrogens with one attached hydrogen (secondary N) is 1. The lowest BCUT2D eigenvalue weighted by Gasteiger charge is -2.00. The molecular formula is C17H22N2O. The fourth-order valence-electron chi connectivity index (χ4n) is 3.01. The minimum absolute atomic E-state index is 0.0841. The Bertz CT molecular complexity index is 669.